The van der Waals surface area contributed by atoms with Gasteiger partial charge in [0.2, 0.25) is 0 Å². The number of nitrogens with one attached hydrogen (secondary N) is 1. The number of nitrogens with zero attached hydrogens (tertiary/aromatic N) is 1. The number of hydrogen-bond donors (Lipinski definition) is 1. The summed E-state index contributed by atoms with van der Waals surface area (Å²) in [7, 11) is 2.20. The van der Waals surface area contributed by atoms with E-state index in [1.807, 2.05) is 0 Å². The minimum Gasteiger partial charge on any atom is -0.374 e. The van der Waals surface area contributed by atoms with Crippen LogP contribution in [0.15, 0.2) is 18.2 Å². The number of benzene rings is 1. The second kappa shape index (κ2) is 6.51. The summed E-state index contributed by atoms with van der Waals surface area (Å²) in [5.74, 6) is 0. The third kappa shape index (κ3) is 3.16. The van der Waals surface area contributed by atoms with Crippen molar-refractivity contribution in [2.45, 2.75) is 32.9 Å². The molecule has 19 heavy (non-hydrogen) atoms. The van der Waals surface area contributed by atoms with Gasteiger partial charge in [-0.3, -0.25) is 4.90 Å². The highest BCUT2D eigenvalue weighted by Crippen LogP contribution is 2.31. The summed E-state index contributed by atoms with van der Waals surface area (Å²) in [6.07, 6.45) is 0.235. The standard InChI is InChI=1S/C16H26N2O/c1-5-17-11-15-16(18(4)9-10-19-15)14-8-6-7-12(2)13(14)3/h6-8,15-17H,5,9-11H2,1-4H3. The average molecular weight is 262 g/mol. The number of rotatable bonds is 4. The number of aryl methyl sites for hydroxylation is 1. The Bertz CT molecular complexity index is 419. The molecule has 0 bridgehead atoms. The van der Waals surface area contributed by atoms with Crippen LogP contribution < -0.4 is 5.32 Å². The van der Waals surface area contributed by atoms with Crippen LogP contribution in [0.25, 0.3) is 0 Å². The zero-order chi connectivity index (χ0) is 13.8. The first-order chi connectivity index (χ1) is 9.15. The van der Waals surface area contributed by atoms with Crippen LogP contribution in [-0.2, 0) is 4.74 Å². The summed E-state index contributed by atoms with van der Waals surface area (Å²) in [5, 5.41) is 3.42. The Morgan fingerprint density at radius 1 is 1.37 bits per heavy atom. The minimum absolute atomic E-state index is 0.235. The Morgan fingerprint density at radius 3 is 2.89 bits per heavy atom. The fourth-order valence-electron chi connectivity index (χ4n) is 2.85. The third-order valence-electron chi connectivity index (χ3n) is 4.16. The summed E-state index contributed by atoms with van der Waals surface area (Å²) in [6, 6.07) is 6.94. The van der Waals surface area contributed by atoms with Crippen LogP contribution in [0.1, 0.15) is 29.7 Å². The van der Waals surface area contributed by atoms with Crippen LogP contribution in [0, 0.1) is 13.8 Å². The first-order valence-electron chi connectivity index (χ1n) is 7.23. The number of hydrogen-bond acceptors (Lipinski definition) is 3. The topological polar surface area (TPSA) is 24.5 Å². The zero-order valence-electron chi connectivity index (χ0n) is 12.6. The summed E-state index contributed by atoms with van der Waals surface area (Å²) in [4.78, 5) is 2.42. The lowest BCUT2D eigenvalue weighted by Crippen LogP contribution is -2.47. The lowest BCUT2D eigenvalue weighted by Gasteiger charge is -2.40. The van der Waals surface area contributed by atoms with Crippen LogP contribution in [-0.4, -0.2) is 44.3 Å². The van der Waals surface area contributed by atoms with Crippen molar-refractivity contribution in [3.8, 4) is 0 Å². The van der Waals surface area contributed by atoms with Crippen molar-refractivity contribution < 1.29 is 4.74 Å². The highest BCUT2D eigenvalue weighted by Gasteiger charge is 2.32. The molecule has 1 aromatic rings. The highest BCUT2D eigenvalue weighted by atomic mass is 16.5. The van der Waals surface area contributed by atoms with Gasteiger partial charge in [0.15, 0.2) is 0 Å². The zero-order valence-corrected chi connectivity index (χ0v) is 12.6. The fourth-order valence-corrected chi connectivity index (χ4v) is 2.85. The SMILES string of the molecule is CCNCC1OCCN(C)C1c1cccc(C)c1C. The maximum Gasteiger partial charge on any atom is 0.0896 e. The molecule has 0 spiro atoms. The van der Waals surface area contributed by atoms with Crippen LogP contribution in [0.4, 0.5) is 0 Å². The third-order valence-corrected chi connectivity index (χ3v) is 4.16. The minimum atomic E-state index is 0.235. The quantitative estimate of drug-likeness (QED) is 0.901. The first kappa shape index (κ1) is 14.5. The maximum atomic E-state index is 6.01. The molecule has 0 radical (unpaired) electrons. The predicted octanol–water partition coefficient (Wildman–Crippen LogP) is 2.28. The first-order valence-corrected chi connectivity index (χ1v) is 7.23. The van der Waals surface area contributed by atoms with Gasteiger partial charge in [0.25, 0.3) is 0 Å². The molecule has 1 aromatic carbocycles. The second-order valence-corrected chi connectivity index (χ2v) is 5.43. The molecule has 2 atom stereocenters. The Hall–Kier alpha value is -0.900. The summed E-state index contributed by atoms with van der Waals surface area (Å²) < 4.78 is 6.01. The van der Waals surface area contributed by atoms with E-state index in [4.69, 9.17) is 4.74 Å². The van der Waals surface area contributed by atoms with Crippen LogP contribution in [0.5, 0.6) is 0 Å². The van der Waals surface area contributed by atoms with Crippen molar-refractivity contribution in [2.75, 3.05) is 33.3 Å². The van der Waals surface area contributed by atoms with Crippen molar-refractivity contribution in [1.29, 1.82) is 0 Å². The Morgan fingerprint density at radius 2 is 2.16 bits per heavy atom. The molecule has 1 saturated heterocycles. The Balaban J connectivity index is 2.28. The molecule has 1 heterocycles. The second-order valence-electron chi connectivity index (χ2n) is 5.43. The van der Waals surface area contributed by atoms with Gasteiger partial charge in [-0.25, -0.2) is 0 Å². The molecule has 1 fully saturated rings. The smallest absolute Gasteiger partial charge is 0.0896 e. The van der Waals surface area contributed by atoms with Gasteiger partial charge >= 0.3 is 0 Å². The molecule has 0 aromatic heterocycles. The molecule has 0 aliphatic carbocycles. The molecule has 0 saturated carbocycles. The normalized spacial score (nSPS) is 24.6. The van der Waals surface area contributed by atoms with Gasteiger partial charge in [-0.1, -0.05) is 25.1 Å². The average Bonchev–Trinajstić information content (AvgIpc) is 2.40. The molecule has 2 rings (SSSR count). The summed E-state index contributed by atoms with van der Waals surface area (Å²) >= 11 is 0. The van der Waals surface area contributed by atoms with E-state index in [-0.39, 0.29) is 6.10 Å². The van der Waals surface area contributed by atoms with Crippen molar-refractivity contribution in [3.63, 3.8) is 0 Å². The molecular formula is C16H26N2O. The van der Waals surface area contributed by atoms with E-state index in [0.717, 1.165) is 26.2 Å². The molecule has 1 N–H and O–H groups in total. The summed E-state index contributed by atoms with van der Waals surface area (Å²) in [5.41, 5.74) is 4.16. The maximum absolute atomic E-state index is 6.01. The van der Waals surface area contributed by atoms with E-state index >= 15 is 0 Å². The molecule has 0 amide bonds. The van der Waals surface area contributed by atoms with E-state index in [9.17, 15) is 0 Å². The molecular weight excluding hydrogens is 236 g/mol. The van der Waals surface area contributed by atoms with Crippen molar-refractivity contribution in [1.82, 2.24) is 10.2 Å². The van der Waals surface area contributed by atoms with Gasteiger partial charge in [-0.15, -0.1) is 0 Å². The van der Waals surface area contributed by atoms with E-state index < -0.39 is 0 Å². The lowest BCUT2D eigenvalue weighted by molar-refractivity contribution is -0.0613. The fraction of sp³-hybridized carbons (Fsp3) is 0.625. The van der Waals surface area contributed by atoms with Crippen LogP contribution >= 0.6 is 0 Å². The molecule has 1 aliphatic rings. The van der Waals surface area contributed by atoms with Gasteiger partial charge < -0.3 is 10.1 Å². The van der Waals surface area contributed by atoms with E-state index in [1.54, 1.807) is 0 Å². The van der Waals surface area contributed by atoms with Gasteiger partial charge in [-0.2, -0.15) is 0 Å². The molecule has 106 valence electrons. The predicted molar refractivity (Wildman–Crippen MR) is 79.6 cm³/mol. The van der Waals surface area contributed by atoms with Gasteiger partial charge in [0.1, 0.15) is 0 Å². The number of ether oxygens (including phenoxy) is 1. The van der Waals surface area contributed by atoms with Crippen molar-refractivity contribution in [3.05, 3.63) is 34.9 Å². The number of morpholine rings is 1. The summed E-state index contributed by atoms with van der Waals surface area (Å²) in [6.45, 7) is 10.3. The molecule has 2 unspecified atom stereocenters. The van der Waals surface area contributed by atoms with E-state index in [2.05, 4.69) is 56.2 Å². The molecule has 1 aliphatic heterocycles. The van der Waals surface area contributed by atoms with Crippen LogP contribution in [0.2, 0.25) is 0 Å². The number of likely N-dealkylation sites (N-methyl/N-ethyl adjacent to an activating group) is 2. The van der Waals surface area contributed by atoms with Gasteiger partial charge in [-0.05, 0) is 44.1 Å². The van der Waals surface area contributed by atoms with E-state index in [1.165, 1.54) is 16.7 Å². The van der Waals surface area contributed by atoms with Crippen molar-refractivity contribution in [2.24, 2.45) is 0 Å². The largest absolute Gasteiger partial charge is 0.374 e. The molecule has 3 heteroatoms. The monoisotopic (exact) mass is 262 g/mol. The van der Waals surface area contributed by atoms with Crippen molar-refractivity contribution >= 4 is 0 Å². The Kier molecular flexibility index (Phi) is 4.97. The Labute approximate surface area is 116 Å². The van der Waals surface area contributed by atoms with E-state index in [0.29, 0.717) is 6.04 Å². The van der Waals surface area contributed by atoms with Gasteiger partial charge in [0, 0.05) is 13.1 Å². The van der Waals surface area contributed by atoms with Crippen LogP contribution in [0.3, 0.4) is 0 Å². The van der Waals surface area contributed by atoms with Gasteiger partial charge in [0.05, 0.1) is 18.8 Å². The molecule has 3 nitrogen and oxygen atoms in total. The highest BCUT2D eigenvalue weighted by molar-refractivity contribution is 5.36. The lowest BCUT2D eigenvalue weighted by atomic mass is 9.92.